The predicted octanol–water partition coefficient (Wildman–Crippen LogP) is 2.46. The number of hydrogen-bond acceptors (Lipinski definition) is 6. The van der Waals surface area contributed by atoms with Gasteiger partial charge in [0.15, 0.2) is 0 Å². The van der Waals surface area contributed by atoms with Crippen molar-refractivity contribution in [3.63, 3.8) is 0 Å². The quantitative estimate of drug-likeness (QED) is 0.487. The van der Waals surface area contributed by atoms with E-state index in [-0.39, 0.29) is 18.0 Å². The SMILES string of the molecule is CN1CCN(Cc2ccc(CNC(=O)CCNc3ccccc3[N+](=O)[O-])cc2)CC1. The van der Waals surface area contributed by atoms with E-state index in [0.29, 0.717) is 18.8 Å². The monoisotopic (exact) mass is 411 g/mol. The van der Waals surface area contributed by atoms with Crippen molar-refractivity contribution in [2.75, 3.05) is 45.1 Å². The first kappa shape index (κ1) is 21.7. The Labute approximate surface area is 177 Å². The fourth-order valence-electron chi connectivity index (χ4n) is 3.41. The third-order valence-electron chi connectivity index (χ3n) is 5.28. The largest absolute Gasteiger partial charge is 0.379 e. The van der Waals surface area contributed by atoms with Gasteiger partial charge >= 0.3 is 0 Å². The van der Waals surface area contributed by atoms with Gasteiger partial charge in [0.05, 0.1) is 4.92 Å². The Balaban J connectivity index is 1.38. The fraction of sp³-hybridized carbons (Fsp3) is 0.409. The first-order chi connectivity index (χ1) is 14.5. The van der Waals surface area contributed by atoms with Crippen molar-refractivity contribution in [1.82, 2.24) is 15.1 Å². The Hall–Kier alpha value is -2.97. The molecule has 30 heavy (non-hydrogen) atoms. The van der Waals surface area contributed by atoms with Gasteiger partial charge in [-0.2, -0.15) is 0 Å². The minimum atomic E-state index is -0.435. The molecule has 0 bridgehead atoms. The summed E-state index contributed by atoms with van der Waals surface area (Å²) >= 11 is 0. The van der Waals surface area contributed by atoms with Crippen LogP contribution in [0.4, 0.5) is 11.4 Å². The molecule has 0 aliphatic carbocycles. The molecule has 2 aromatic rings. The summed E-state index contributed by atoms with van der Waals surface area (Å²) in [6.07, 6.45) is 0.244. The second kappa shape index (κ2) is 10.7. The number of benzene rings is 2. The first-order valence-electron chi connectivity index (χ1n) is 10.2. The zero-order chi connectivity index (χ0) is 21.3. The standard InChI is InChI=1S/C22H29N5O3/c1-25-12-14-26(15-13-25)17-19-8-6-18(7-9-19)16-24-22(28)10-11-23-20-4-2-3-5-21(20)27(29)30/h2-9,23H,10-17H2,1H3,(H,24,28). The highest BCUT2D eigenvalue weighted by molar-refractivity contribution is 5.76. The van der Waals surface area contributed by atoms with E-state index < -0.39 is 4.92 Å². The molecule has 8 nitrogen and oxygen atoms in total. The van der Waals surface area contributed by atoms with E-state index in [1.165, 1.54) is 11.6 Å². The molecule has 2 aromatic carbocycles. The van der Waals surface area contributed by atoms with Crippen LogP contribution in [-0.4, -0.2) is 60.4 Å². The molecule has 1 amide bonds. The Morgan fingerprint density at radius 3 is 2.40 bits per heavy atom. The minimum absolute atomic E-state index is 0.00886. The summed E-state index contributed by atoms with van der Waals surface area (Å²) in [4.78, 5) is 27.5. The van der Waals surface area contributed by atoms with Gasteiger partial charge in [0.25, 0.3) is 5.69 Å². The number of likely N-dealkylation sites (N-methyl/N-ethyl adjacent to an activating group) is 1. The highest BCUT2D eigenvalue weighted by Gasteiger charge is 2.14. The van der Waals surface area contributed by atoms with Crippen LogP contribution in [0.5, 0.6) is 0 Å². The Morgan fingerprint density at radius 2 is 1.70 bits per heavy atom. The molecular weight excluding hydrogens is 382 g/mol. The number of para-hydroxylation sites is 2. The minimum Gasteiger partial charge on any atom is -0.379 e. The van der Waals surface area contributed by atoms with Crippen LogP contribution in [0.15, 0.2) is 48.5 Å². The van der Waals surface area contributed by atoms with E-state index in [1.807, 2.05) is 0 Å². The van der Waals surface area contributed by atoms with E-state index in [9.17, 15) is 14.9 Å². The molecule has 0 saturated carbocycles. The number of carbonyl (C=O) groups excluding carboxylic acids is 1. The number of nitro benzene ring substituents is 1. The number of amides is 1. The number of nitro groups is 1. The summed E-state index contributed by atoms with van der Waals surface area (Å²) in [6, 6.07) is 14.8. The summed E-state index contributed by atoms with van der Waals surface area (Å²) in [5, 5.41) is 16.9. The van der Waals surface area contributed by atoms with Crippen LogP contribution < -0.4 is 10.6 Å². The van der Waals surface area contributed by atoms with Crippen LogP contribution >= 0.6 is 0 Å². The molecule has 8 heteroatoms. The highest BCUT2D eigenvalue weighted by atomic mass is 16.6. The maximum absolute atomic E-state index is 12.1. The van der Waals surface area contributed by atoms with Gasteiger partial charge in [-0.05, 0) is 24.2 Å². The molecule has 0 radical (unpaired) electrons. The Morgan fingerprint density at radius 1 is 1.03 bits per heavy atom. The lowest BCUT2D eigenvalue weighted by Gasteiger charge is -2.32. The molecule has 3 rings (SSSR count). The third kappa shape index (κ3) is 6.53. The van der Waals surface area contributed by atoms with Crippen molar-refractivity contribution >= 4 is 17.3 Å². The molecule has 1 aliphatic rings. The maximum Gasteiger partial charge on any atom is 0.292 e. The van der Waals surface area contributed by atoms with Crippen molar-refractivity contribution < 1.29 is 9.72 Å². The molecule has 160 valence electrons. The smallest absolute Gasteiger partial charge is 0.292 e. The zero-order valence-electron chi connectivity index (χ0n) is 17.3. The van der Waals surface area contributed by atoms with Gasteiger partial charge in [0.1, 0.15) is 5.69 Å². The van der Waals surface area contributed by atoms with Crippen LogP contribution in [0.25, 0.3) is 0 Å². The lowest BCUT2D eigenvalue weighted by atomic mass is 10.1. The number of nitrogens with zero attached hydrogens (tertiary/aromatic N) is 3. The van der Waals surface area contributed by atoms with Gasteiger partial charge in [0, 0.05) is 58.3 Å². The summed E-state index contributed by atoms with van der Waals surface area (Å²) in [6.45, 7) is 6.16. The number of anilines is 1. The lowest BCUT2D eigenvalue weighted by Crippen LogP contribution is -2.43. The fourth-order valence-corrected chi connectivity index (χ4v) is 3.41. The van der Waals surface area contributed by atoms with Gasteiger partial charge in [-0.15, -0.1) is 0 Å². The zero-order valence-corrected chi connectivity index (χ0v) is 17.3. The van der Waals surface area contributed by atoms with Crippen molar-refractivity contribution in [3.8, 4) is 0 Å². The van der Waals surface area contributed by atoms with E-state index in [1.54, 1.807) is 18.2 Å². The van der Waals surface area contributed by atoms with Crippen molar-refractivity contribution in [3.05, 3.63) is 69.8 Å². The van der Waals surface area contributed by atoms with Crippen LogP contribution in [0.2, 0.25) is 0 Å². The number of nitrogens with one attached hydrogen (secondary N) is 2. The van der Waals surface area contributed by atoms with E-state index in [2.05, 4.69) is 51.7 Å². The summed E-state index contributed by atoms with van der Waals surface area (Å²) in [7, 11) is 2.15. The van der Waals surface area contributed by atoms with Crippen LogP contribution in [0.3, 0.4) is 0 Å². The highest BCUT2D eigenvalue weighted by Crippen LogP contribution is 2.22. The number of piperazine rings is 1. The average molecular weight is 412 g/mol. The van der Waals surface area contributed by atoms with E-state index in [0.717, 1.165) is 38.3 Å². The van der Waals surface area contributed by atoms with Crippen molar-refractivity contribution in [2.45, 2.75) is 19.5 Å². The van der Waals surface area contributed by atoms with E-state index >= 15 is 0 Å². The molecule has 0 atom stereocenters. The second-order valence-corrected chi connectivity index (χ2v) is 7.62. The third-order valence-corrected chi connectivity index (χ3v) is 5.28. The molecule has 1 heterocycles. The molecular formula is C22H29N5O3. The Bertz CT molecular complexity index is 848. The molecule has 1 aliphatic heterocycles. The molecule has 2 N–H and O–H groups in total. The average Bonchev–Trinajstić information content (AvgIpc) is 2.75. The van der Waals surface area contributed by atoms with Crippen molar-refractivity contribution in [1.29, 1.82) is 0 Å². The summed E-state index contributed by atoms with van der Waals surface area (Å²) in [5.74, 6) is -0.0948. The van der Waals surface area contributed by atoms with Crippen LogP contribution in [0.1, 0.15) is 17.5 Å². The van der Waals surface area contributed by atoms with Gasteiger partial charge in [-0.3, -0.25) is 19.8 Å². The number of carbonyl (C=O) groups is 1. The maximum atomic E-state index is 12.1. The Kier molecular flexibility index (Phi) is 7.75. The van der Waals surface area contributed by atoms with Gasteiger partial charge < -0.3 is 15.5 Å². The number of rotatable bonds is 9. The first-order valence-corrected chi connectivity index (χ1v) is 10.2. The summed E-state index contributed by atoms with van der Waals surface area (Å²) < 4.78 is 0. The second-order valence-electron chi connectivity index (χ2n) is 7.62. The molecule has 1 saturated heterocycles. The topological polar surface area (TPSA) is 90.8 Å². The molecule has 0 unspecified atom stereocenters. The molecule has 0 aromatic heterocycles. The van der Waals surface area contributed by atoms with E-state index in [4.69, 9.17) is 0 Å². The van der Waals surface area contributed by atoms with Crippen LogP contribution in [-0.2, 0) is 17.9 Å². The summed E-state index contributed by atoms with van der Waals surface area (Å²) in [5.41, 5.74) is 2.77. The normalized spacial score (nSPS) is 15.0. The van der Waals surface area contributed by atoms with Crippen molar-refractivity contribution in [2.24, 2.45) is 0 Å². The van der Waals surface area contributed by atoms with Gasteiger partial charge in [0.2, 0.25) is 5.91 Å². The molecule has 1 fully saturated rings. The lowest BCUT2D eigenvalue weighted by molar-refractivity contribution is -0.384. The predicted molar refractivity (Wildman–Crippen MR) is 117 cm³/mol. The molecule has 0 spiro atoms. The van der Waals surface area contributed by atoms with Crippen LogP contribution in [0, 0.1) is 10.1 Å². The number of hydrogen-bond donors (Lipinski definition) is 2. The van der Waals surface area contributed by atoms with Gasteiger partial charge in [-0.25, -0.2) is 0 Å². The van der Waals surface area contributed by atoms with Gasteiger partial charge in [-0.1, -0.05) is 36.4 Å².